The molecule has 1 aliphatic rings. The highest BCUT2D eigenvalue weighted by molar-refractivity contribution is 7.89. The molecule has 0 saturated carbocycles. The van der Waals surface area contributed by atoms with Crippen molar-refractivity contribution in [3.63, 3.8) is 0 Å². The van der Waals surface area contributed by atoms with Crippen molar-refractivity contribution in [3.8, 4) is 0 Å². The fraction of sp³-hybridized carbons (Fsp3) is 0.600. The molecule has 0 bridgehead atoms. The Kier molecular flexibility index (Phi) is 3.86. The normalized spacial score (nSPS) is 20.0. The quantitative estimate of drug-likeness (QED) is 0.853. The molecule has 0 spiro atoms. The molecule has 0 aliphatic carbocycles. The van der Waals surface area contributed by atoms with Crippen molar-refractivity contribution < 1.29 is 8.42 Å². The summed E-state index contributed by atoms with van der Waals surface area (Å²) in [7, 11) is -3.43. The van der Waals surface area contributed by atoms with Crippen LogP contribution in [-0.4, -0.2) is 25.8 Å². The zero-order valence-electron chi connectivity index (χ0n) is 12.7. The third-order valence-electron chi connectivity index (χ3n) is 4.24. The maximum absolute atomic E-state index is 12.8. The van der Waals surface area contributed by atoms with E-state index in [1.807, 2.05) is 13.0 Å². The summed E-state index contributed by atoms with van der Waals surface area (Å²) in [4.78, 5) is 0.356. The zero-order chi connectivity index (χ0) is 15.1. The zero-order valence-corrected chi connectivity index (χ0v) is 13.5. The second kappa shape index (κ2) is 5.04. The molecule has 0 aromatic heterocycles. The SMILES string of the molecule is Cc1cc(N)c(C)c(S(=O)(=O)N2CCC(C)(C)CC2)c1. The van der Waals surface area contributed by atoms with Crippen molar-refractivity contribution in [1.29, 1.82) is 0 Å². The van der Waals surface area contributed by atoms with Gasteiger partial charge < -0.3 is 5.73 Å². The smallest absolute Gasteiger partial charge is 0.243 e. The molecule has 5 heteroatoms. The third-order valence-corrected chi connectivity index (χ3v) is 6.26. The van der Waals surface area contributed by atoms with Crippen LogP contribution in [0.4, 0.5) is 5.69 Å². The van der Waals surface area contributed by atoms with E-state index in [2.05, 4.69) is 13.8 Å². The maximum Gasteiger partial charge on any atom is 0.243 e. The summed E-state index contributed by atoms with van der Waals surface area (Å²) < 4.78 is 27.2. The van der Waals surface area contributed by atoms with Gasteiger partial charge in [-0.1, -0.05) is 13.8 Å². The number of rotatable bonds is 2. The number of anilines is 1. The van der Waals surface area contributed by atoms with Crippen LogP contribution < -0.4 is 5.73 Å². The molecule has 2 N–H and O–H groups in total. The van der Waals surface area contributed by atoms with Crippen molar-refractivity contribution in [2.24, 2.45) is 5.41 Å². The number of hydrogen-bond acceptors (Lipinski definition) is 3. The van der Waals surface area contributed by atoms with Crippen molar-refractivity contribution >= 4 is 15.7 Å². The third kappa shape index (κ3) is 2.83. The van der Waals surface area contributed by atoms with Crippen molar-refractivity contribution in [2.75, 3.05) is 18.8 Å². The standard InChI is InChI=1S/C15H24N2O2S/c1-11-9-13(16)12(2)14(10-11)20(18,19)17-7-5-15(3,4)6-8-17/h9-10H,5-8,16H2,1-4H3. The van der Waals surface area contributed by atoms with E-state index in [0.717, 1.165) is 18.4 Å². The predicted octanol–water partition coefficient (Wildman–Crippen LogP) is 2.70. The average molecular weight is 296 g/mol. The highest BCUT2D eigenvalue weighted by Crippen LogP contribution is 2.33. The number of sulfonamides is 1. The van der Waals surface area contributed by atoms with E-state index in [4.69, 9.17) is 5.73 Å². The topological polar surface area (TPSA) is 63.4 Å². The van der Waals surface area contributed by atoms with Crippen LogP contribution in [0.25, 0.3) is 0 Å². The first kappa shape index (κ1) is 15.3. The van der Waals surface area contributed by atoms with Crippen LogP contribution >= 0.6 is 0 Å². The van der Waals surface area contributed by atoms with E-state index in [0.29, 0.717) is 29.2 Å². The Balaban J connectivity index is 2.37. The molecule has 0 unspecified atom stereocenters. The number of nitrogens with zero attached hydrogens (tertiary/aromatic N) is 1. The second-order valence-electron chi connectivity index (χ2n) is 6.55. The van der Waals surface area contributed by atoms with Gasteiger partial charge in [-0.05, 0) is 55.4 Å². The minimum Gasteiger partial charge on any atom is -0.398 e. The number of nitrogens with two attached hydrogens (primary N) is 1. The predicted molar refractivity (Wildman–Crippen MR) is 82.1 cm³/mol. The highest BCUT2D eigenvalue weighted by atomic mass is 32.2. The van der Waals surface area contributed by atoms with Crippen LogP contribution in [0.2, 0.25) is 0 Å². The Morgan fingerprint density at radius 1 is 1.15 bits per heavy atom. The van der Waals surface area contributed by atoms with Gasteiger partial charge >= 0.3 is 0 Å². The fourth-order valence-corrected chi connectivity index (χ4v) is 4.37. The summed E-state index contributed by atoms with van der Waals surface area (Å²) in [5.41, 5.74) is 8.21. The molecular weight excluding hydrogens is 272 g/mol. The van der Waals surface area contributed by atoms with Crippen LogP contribution in [0.3, 0.4) is 0 Å². The van der Waals surface area contributed by atoms with Gasteiger partial charge in [0.05, 0.1) is 4.90 Å². The first-order valence-electron chi connectivity index (χ1n) is 7.00. The number of aryl methyl sites for hydroxylation is 1. The lowest BCUT2D eigenvalue weighted by Gasteiger charge is -2.36. The Labute approximate surface area is 122 Å². The van der Waals surface area contributed by atoms with Crippen LogP contribution in [0, 0.1) is 19.3 Å². The van der Waals surface area contributed by atoms with E-state index in [9.17, 15) is 8.42 Å². The summed E-state index contributed by atoms with van der Waals surface area (Å²) in [6.07, 6.45) is 1.79. The van der Waals surface area contributed by atoms with Gasteiger partial charge in [-0.15, -0.1) is 0 Å². The van der Waals surface area contributed by atoms with Crippen molar-refractivity contribution in [3.05, 3.63) is 23.3 Å². The van der Waals surface area contributed by atoms with Crippen LogP contribution in [-0.2, 0) is 10.0 Å². The van der Waals surface area contributed by atoms with E-state index in [1.54, 1.807) is 17.3 Å². The van der Waals surface area contributed by atoms with Gasteiger partial charge in [0.25, 0.3) is 0 Å². The first-order chi connectivity index (χ1) is 9.13. The van der Waals surface area contributed by atoms with Gasteiger partial charge in [0.1, 0.15) is 0 Å². The van der Waals surface area contributed by atoms with Gasteiger partial charge in [0.2, 0.25) is 10.0 Å². The largest absolute Gasteiger partial charge is 0.398 e. The van der Waals surface area contributed by atoms with E-state index < -0.39 is 10.0 Å². The fourth-order valence-electron chi connectivity index (χ4n) is 2.59. The summed E-state index contributed by atoms with van der Waals surface area (Å²) in [6.45, 7) is 9.19. The lowest BCUT2D eigenvalue weighted by atomic mass is 9.83. The molecule has 0 radical (unpaired) electrons. The molecule has 1 aromatic rings. The Morgan fingerprint density at radius 2 is 1.70 bits per heavy atom. The monoisotopic (exact) mass is 296 g/mol. The molecule has 1 saturated heterocycles. The molecule has 1 heterocycles. The highest BCUT2D eigenvalue weighted by Gasteiger charge is 2.33. The molecule has 4 nitrogen and oxygen atoms in total. The Bertz CT molecular complexity index is 611. The lowest BCUT2D eigenvalue weighted by Crippen LogP contribution is -2.41. The summed E-state index contributed by atoms with van der Waals surface area (Å²) in [6, 6.07) is 3.54. The van der Waals surface area contributed by atoms with Crippen LogP contribution in [0.1, 0.15) is 37.8 Å². The second-order valence-corrected chi connectivity index (χ2v) is 8.45. The molecule has 1 aromatic carbocycles. The van der Waals surface area contributed by atoms with E-state index >= 15 is 0 Å². The molecule has 1 fully saturated rings. The summed E-state index contributed by atoms with van der Waals surface area (Å²) >= 11 is 0. The van der Waals surface area contributed by atoms with Crippen molar-refractivity contribution in [2.45, 2.75) is 45.4 Å². The minimum atomic E-state index is -3.43. The molecule has 112 valence electrons. The maximum atomic E-state index is 12.8. The van der Waals surface area contributed by atoms with E-state index in [-0.39, 0.29) is 5.41 Å². The van der Waals surface area contributed by atoms with Crippen LogP contribution in [0.15, 0.2) is 17.0 Å². The molecule has 1 aliphatic heterocycles. The summed E-state index contributed by atoms with van der Waals surface area (Å²) in [5.74, 6) is 0. The van der Waals surface area contributed by atoms with Crippen molar-refractivity contribution in [1.82, 2.24) is 4.31 Å². The minimum absolute atomic E-state index is 0.229. The number of benzene rings is 1. The van der Waals surface area contributed by atoms with Gasteiger partial charge in [-0.25, -0.2) is 8.42 Å². The average Bonchev–Trinajstić information content (AvgIpc) is 2.33. The summed E-state index contributed by atoms with van der Waals surface area (Å²) in [5, 5.41) is 0. The number of nitrogen functional groups attached to an aromatic ring is 1. The van der Waals surface area contributed by atoms with Gasteiger partial charge in [0, 0.05) is 18.8 Å². The number of piperidine rings is 1. The van der Waals surface area contributed by atoms with Gasteiger partial charge in [0.15, 0.2) is 0 Å². The number of hydrogen-bond donors (Lipinski definition) is 1. The first-order valence-corrected chi connectivity index (χ1v) is 8.44. The molecule has 20 heavy (non-hydrogen) atoms. The van der Waals surface area contributed by atoms with Gasteiger partial charge in [-0.3, -0.25) is 0 Å². The van der Waals surface area contributed by atoms with Crippen LogP contribution in [0.5, 0.6) is 0 Å². The molecular formula is C15H24N2O2S. The molecule has 0 amide bonds. The van der Waals surface area contributed by atoms with E-state index in [1.165, 1.54) is 0 Å². The van der Waals surface area contributed by atoms with Gasteiger partial charge in [-0.2, -0.15) is 4.31 Å². The Hall–Kier alpha value is -1.07. The Morgan fingerprint density at radius 3 is 2.25 bits per heavy atom. The molecule has 0 atom stereocenters. The molecule has 2 rings (SSSR count). The lowest BCUT2D eigenvalue weighted by molar-refractivity contribution is 0.196.